The van der Waals surface area contributed by atoms with E-state index in [1.165, 1.54) is 11.1 Å². The normalized spacial score (nSPS) is 9.85. The van der Waals surface area contributed by atoms with E-state index in [2.05, 4.69) is 18.2 Å². The van der Waals surface area contributed by atoms with Gasteiger partial charge in [-0.25, -0.2) is 0 Å². The fourth-order valence-electron chi connectivity index (χ4n) is 1.31. The molecule has 2 aromatic carbocycles. The molecule has 1 heteroatoms. The van der Waals surface area contributed by atoms with Crippen LogP contribution in [0.15, 0.2) is 59.5 Å². The first kappa shape index (κ1) is 8.27. The van der Waals surface area contributed by atoms with Gasteiger partial charge >= 0.3 is 0 Å². The SMILES string of the molecule is [S]c1cccc(-c2ccccc2)c1. The molecule has 0 unspecified atom stereocenters. The predicted molar refractivity (Wildman–Crippen MR) is 57.7 cm³/mol. The molecular formula is C12H9S. The summed E-state index contributed by atoms with van der Waals surface area (Å²) in [6, 6.07) is 18.3. The van der Waals surface area contributed by atoms with Gasteiger partial charge in [0.2, 0.25) is 0 Å². The van der Waals surface area contributed by atoms with Gasteiger partial charge in [-0.1, -0.05) is 55.1 Å². The van der Waals surface area contributed by atoms with Gasteiger partial charge in [-0.3, -0.25) is 0 Å². The maximum Gasteiger partial charge on any atom is 0.0383 e. The largest absolute Gasteiger partial charge is 0.0801 e. The van der Waals surface area contributed by atoms with Crippen molar-refractivity contribution in [2.45, 2.75) is 4.90 Å². The lowest BCUT2D eigenvalue weighted by molar-refractivity contribution is 1.47. The molecule has 1 radical (unpaired) electrons. The summed E-state index contributed by atoms with van der Waals surface area (Å²) in [5.74, 6) is 0. The highest BCUT2D eigenvalue weighted by atomic mass is 32.1. The predicted octanol–water partition coefficient (Wildman–Crippen LogP) is 3.91. The van der Waals surface area contributed by atoms with E-state index >= 15 is 0 Å². The summed E-state index contributed by atoms with van der Waals surface area (Å²) in [5, 5.41) is 0. The summed E-state index contributed by atoms with van der Waals surface area (Å²) in [7, 11) is 0. The van der Waals surface area contributed by atoms with Crippen LogP contribution in [0.4, 0.5) is 0 Å². The minimum absolute atomic E-state index is 0.890. The number of benzene rings is 2. The van der Waals surface area contributed by atoms with Crippen LogP contribution in [0.5, 0.6) is 0 Å². The van der Waals surface area contributed by atoms with Gasteiger partial charge in [0.25, 0.3) is 0 Å². The molecule has 0 saturated heterocycles. The molecule has 0 atom stereocenters. The van der Waals surface area contributed by atoms with Gasteiger partial charge in [0, 0.05) is 4.90 Å². The molecule has 0 heterocycles. The van der Waals surface area contributed by atoms with E-state index in [4.69, 9.17) is 12.6 Å². The van der Waals surface area contributed by atoms with Crippen LogP contribution in [0.3, 0.4) is 0 Å². The van der Waals surface area contributed by atoms with Crippen LogP contribution in [-0.4, -0.2) is 0 Å². The van der Waals surface area contributed by atoms with Gasteiger partial charge in [0.1, 0.15) is 0 Å². The Morgan fingerprint density at radius 3 is 2.08 bits per heavy atom. The molecule has 0 fully saturated rings. The monoisotopic (exact) mass is 185 g/mol. The molecule has 0 nitrogen and oxygen atoms in total. The van der Waals surface area contributed by atoms with E-state index < -0.39 is 0 Å². The van der Waals surface area contributed by atoms with Crippen LogP contribution in [0.2, 0.25) is 0 Å². The fourth-order valence-corrected chi connectivity index (χ4v) is 1.51. The first-order chi connectivity index (χ1) is 6.36. The Labute approximate surface area is 83.6 Å². The Morgan fingerprint density at radius 1 is 0.692 bits per heavy atom. The van der Waals surface area contributed by atoms with Gasteiger partial charge in [-0.2, -0.15) is 0 Å². The van der Waals surface area contributed by atoms with Crippen molar-refractivity contribution in [2.24, 2.45) is 0 Å². The average Bonchev–Trinajstić information content (AvgIpc) is 2.19. The Bertz CT molecular complexity index is 393. The minimum Gasteiger partial charge on any atom is -0.0801 e. The molecule has 0 bridgehead atoms. The van der Waals surface area contributed by atoms with E-state index in [1.54, 1.807) is 0 Å². The van der Waals surface area contributed by atoms with Crippen molar-refractivity contribution >= 4 is 12.6 Å². The molecule has 0 aliphatic rings. The highest BCUT2D eigenvalue weighted by Crippen LogP contribution is 2.20. The van der Waals surface area contributed by atoms with Crippen molar-refractivity contribution < 1.29 is 0 Å². The topological polar surface area (TPSA) is 0 Å². The Hall–Kier alpha value is -1.34. The van der Waals surface area contributed by atoms with Crippen molar-refractivity contribution in [3.05, 3.63) is 54.6 Å². The molecule has 63 valence electrons. The molecule has 13 heavy (non-hydrogen) atoms. The van der Waals surface area contributed by atoms with Crippen LogP contribution in [0.25, 0.3) is 11.1 Å². The second kappa shape index (κ2) is 3.58. The standard InChI is InChI=1S/C12H9S/c13-12-8-4-7-11(9-12)10-5-2-1-3-6-10/h1-9H. The van der Waals surface area contributed by atoms with Crippen molar-refractivity contribution in [1.29, 1.82) is 0 Å². The van der Waals surface area contributed by atoms with E-state index in [9.17, 15) is 0 Å². The fraction of sp³-hybridized carbons (Fsp3) is 0. The van der Waals surface area contributed by atoms with Gasteiger partial charge in [-0.05, 0) is 23.3 Å². The minimum atomic E-state index is 0.890. The maximum atomic E-state index is 5.10. The molecule has 2 rings (SSSR count). The van der Waals surface area contributed by atoms with Crippen LogP contribution < -0.4 is 0 Å². The quantitative estimate of drug-likeness (QED) is 0.632. The van der Waals surface area contributed by atoms with Crippen molar-refractivity contribution in [1.82, 2.24) is 0 Å². The molecule has 0 N–H and O–H groups in total. The molecule has 2 aromatic rings. The summed E-state index contributed by atoms with van der Waals surface area (Å²) in [4.78, 5) is 0.890. The summed E-state index contributed by atoms with van der Waals surface area (Å²) >= 11 is 5.10. The Kier molecular flexibility index (Phi) is 2.28. The van der Waals surface area contributed by atoms with Crippen molar-refractivity contribution in [2.75, 3.05) is 0 Å². The number of hydrogen-bond acceptors (Lipinski definition) is 0. The third kappa shape index (κ3) is 1.87. The molecule has 0 saturated carbocycles. The van der Waals surface area contributed by atoms with Gasteiger partial charge in [-0.15, -0.1) is 0 Å². The summed E-state index contributed by atoms with van der Waals surface area (Å²) < 4.78 is 0. The Morgan fingerprint density at radius 2 is 1.38 bits per heavy atom. The highest BCUT2D eigenvalue weighted by Gasteiger charge is 1.95. The Balaban J connectivity index is 2.48. The lowest BCUT2D eigenvalue weighted by Gasteiger charge is -2.00. The zero-order valence-corrected chi connectivity index (χ0v) is 7.92. The molecular weight excluding hydrogens is 176 g/mol. The smallest absolute Gasteiger partial charge is 0.0383 e. The number of hydrogen-bond donors (Lipinski definition) is 0. The van der Waals surface area contributed by atoms with Gasteiger partial charge in [0.15, 0.2) is 0 Å². The molecule has 0 aromatic heterocycles. The van der Waals surface area contributed by atoms with E-state index in [0.717, 1.165) is 4.90 Å². The molecule has 0 aliphatic heterocycles. The second-order valence-electron chi connectivity index (χ2n) is 2.89. The molecule has 0 spiro atoms. The van der Waals surface area contributed by atoms with Crippen LogP contribution in [0.1, 0.15) is 0 Å². The zero-order chi connectivity index (χ0) is 9.10. The van der Waals surface area contributed by atoms with Crippen LogP contribution in [0, 0.1) is 0 Å². The van der Waals surface area contributed by atoms with E-state index in [-0.39, 0.29) is 0 Å². The third-order valence-corrected chi connectivity index (χ3v) is 2.20. The van der Waals surface area contributed by atoms with Gasteiger partial charge in [0.05, 0.1) is 0 Å². The first-order valence-corrected chi connectivity index (χ1v) is 4.59. The zero-order valence-electron chi connectivity index (χ0n) is 7.10. The highest BCUT2D eigenvalue weighted by molar-refractivity contribution is 7.80. The van der Waals surface area contributed by atoms with E-state index in [0.29, 0.717) is 0 Å². The third-order valence-electron chi connectivity index (χ3n) is 1.94. The molecule has 0 aliphatic carbocycles. The summed E-state index contributed by atoms with van der Waals surface area (Å²) in [5.41, 5.74) is 2.40. The number of rotatable bonds is 1. The molecule has 0 amide bonds. The van der Waals surface area contributed by atoms with E-state index in [1.807, 2.05) is 36.4 Å². The second-order valence-corrected chi connectivity index (χ2v) is 3.37. The summed E-state index contributed by atoms with van der Waals surface area (Å²) in [6.45, 7) is 0. The lowest BCUT2D eigenvalue weighted by atomic mass is 10.1. The first-order valence-electron chi connectivity index (χ1n) is 4.19. The van der Waals surface area contributed by atoms with Crippen LogP contribution >= 0.6 is 12.6 Å². The average molecular weight is 185 g/mol. The van der Waals surface area contributed by atoms with Crippen molar-refractivity contribution in [3.63, 3.8) is 0 Å². The van der Waals surface area contributed by atoms with Crippen molar-refractivity contribution in [3.8, 4) is 11.1 Å². The lowest BCUT2D eigenvalue weighted by Crippen LogP contribution is -1.75. The van der Waals surface area contributed by atoms with Gasteiger partial charge < -0.3 is 0 Å². The van der Waals surface area contributed by atoms with Crippen LogP contribution in [-0.2, 0) is 0 Å². The summed E-state index contributed by atoms with van der Waals surface area (Å²) in [6.07, 6.45) is 0. The maximum absolute atomic E-state index is 5.10.